The van der Waals surface area contributed by atoms with Crippen LogP contribution in [0.25, 0.3) is 0 Å². The van der Waals surface area contributed by atoms with E-state index in [2.05, 4.69) is 6.08 Å². The Morgan fingerprint density at radius 1 is 1.38 bits per heavy atom. The number of rotatable bonds is 0. The van der Waals surface area contributed by atoms with Gasteiger partial charge < -0.3 is 0 Å². The number of allylic oxidation sites excluding steroid dienone is 2. The summed E-state index contributed by atoms with van der Waals surface area (Å²) in [7, 11) is 0. The Kier molecular flexibility index (Phi) is 0.928. The van der Waals surface area contributed by atoms with Crippen LogP contribution < -0.4 is 0 Å². The van der Waals surface area contributed by atoms with Crippen LogP contribution >= 0.6 is 0 Å². The Balaban J connectivity index is 1.97. The topological polar surface area (TPSA) is 17.1 Å². The van der Waals surface area contributed by atoms with Crippen molar-refractivity contribution in [3.05, 3.63) is 11.6 Å². The molecule has 4 aliphatic carbocycles. The van der Waals surface area contributed by atoms with E-state index in [1.54, 1.807) is 5.57 Å². The third kappa shape index (κ3) is 0.536. The largest absolute Gasteiger partial charge is 0.299 e. The molecule has 0 aromatic heterocycles. The predicted octanol–water partition coefficient (Wildman–Crippen LogP) is 2.32. The molecule has 1 nitrogen and oxygen atoms in total. The normalized spacial score (nSPS) is 55.8. The Morgan fingerprint density at radius 2 is 2.31 bits per heavy atom. The van der Waals surface area contributed by atoms with Gasteiger partial charge in [0.1, 0.15) is 5.78 Å². The molecule has 1 heteroatoms. The zero-order valence-corrected chi connectivity index (χ0v) is 7.75. The van der Waals surface area contributed by atoms with Crippen LogP contribution in [-0.2, 0) is 4.79 Å². The fraction of sp³-hybridized carbons (Fsp3) is 0.750. The van der Waals surface area contributed by atoms with E-state index in [1.807, 2.05) is 0 Å². The Hall–Kier alpha value is -0.590. The third-order valence-electron chi connectivity index (χ3n) is 5.03. The van der Waals surface area contributed by atoms with E-state index in [9.17, 15) is 4.79 Å². The Bertz CT molecular complexity index is 341. The highest BCUT2D eigenvalue weighted by atomic mass is 16.1. The van der Waals surface area contributed by atoms with E-state index < -0.39 is 0 Å². The van der Waals surface area contributed by atoms with Gasteiger partial charge in [-0.15, -0.1) is 0 Å². The molecule has 4 bridgehead atoms. The average Bonchev–Trinajstić information content (AvgIpc) is 2.76. The summed E-state index contributed by atoms with van der Waals surface area (Å²) in [5, 5.41) is 0. The van der Waals surface area contributed by atoms with E-state index in [0.29, 0.717) is 11.7 Å². The average molecular weight is 174 g/mol. The molecule has 0 heterocycles. The molecule has 4 rings (SSSR count). The lowest BCUT2D eigenvalue weighted by atomic mass is 9.69. The number of carbonyl (C=O) groups is 1. The van der Waals surface area contributed by atoms with Crippen molar-refractivity contribution in [1.29, 1.82) is 0 Å². The highest BCUT2D eigenvalue weighted by Gasteiger charge is 2.64. The van der Waals surface area contributed by atoms with Gasteiger partial charge >= 0.3 is 0 Å². The molecular weight excluding hydrogens is 160 g/mol. The van der Waals surface area contributed by atoms with Crippen LogP contribution in [-0.4, -0.2) is 5.78 Å². The van der Waals surface area contributed by atoms with Gasteiger partial charge in [0.25, 0.3) is 0 Å². The van der Waals surface area contributed by atoms with E-state index in [4.69, 9.17) is 0 Å². The minimum atomic E-state index is 0.119. The summed E-state index contributed by atoms with van der Waals surface area (Å²) in [5.74, 6) is 2.82. The summed E-state index contributed by atoms with van der Waals surface area (Å²) < 4.78 is 0. The smallest absolute Gasteiger partial charge is 0.143 e. The second-order valence-electron chi connectivity index (χ2n) is 5.39. The molecule has 4 atom stereocenters. The number of hydrogen-bond acceptors (Lipinski definition) is 1. The fourth-order valence-corrected chi connectivity index (χ4v) is 4.66. The zero-order chi connectivity index (χ0) is 8.63. The van der Waals surface area contributed by atoms with Crippen molar-refractivity contribution in [1.82, 2.24) is 0 Å². The summed E-state index contributed by atoms with van der Waals surface area (Å²) in [6, 6.07) is 0. The first-order chi connectivity index (χ1) is 6.30. The van der Waals surface area contributed by atoms with Crippen molar-refractivity contribution in [2.24, 2.45) is 23.2 Å². The van der Waals surface area contributed by atoms with Crippen LogP contribution in [0.2, 0.25) is 0 Å². The zero-order valence-electron chi connectivity index (χ0n) is 7.75. The van der Waals surface area contributed by atoms with Crippen molar-refractivity contribution in [3.63, 3.8) is 0 Å². The molecule has 4 aliphatic rings. The third-order valence-corrected chi connectivity index (χ3v) is 5.03. The summed E-state index contributed by atoms with van der Waals surface area (Å²) in [4.78, 5) is 12.0. The van der Waals surface area contributed by atoms with Crippen molar-refractivity contribution in [2.45, 2.75) is 32.1 Å². The lowest BCUT2D eigenvalue weighted by Crippen LogP contribution is -2.33. The summed E-state index contributed by atoms with van der Waals surface area (Å²) in [5.41, 5.74) is 1.71. The minimum absolute atomic E-state index is 0.119. The molecule has 3 saturated carbocycles. The maximum atomic E-state index is 12.0. The molecule has 0 saturated heterocycles. The van der Waals surface area contributed by atoms with Gasteiger partial charge in [-0.3, -0.25) is 4.79 Å². The van der Waals surface area contributed by atoms with Gasteiger partial charge in [0, 0.05) is 6.42 Å². The highest BCUT2D eigenvalue weighted by molar-refractivity contribution is 5.93. The molecule has 4 unspecified atom stereocenters. The standard InChI is InChI=1S/C12H14O/c13-11-4-7-3-10-8-1-2-9(5-8)12(10,11)6-7/h3,7-9H,1-2,4-6H2. The molecule has 13 heavy (non-hydrogen) atoms. The van der Waals surface area contributed by atoms with Crippen molar-refractivity contribution in [2.75, 3.05) is 0 Å². The van der Waals surface area contributed by atoms with Gasteiger partial charge in [-0.1, -0.05) is 11.6 Å². The highest BCUT2D eigenvalue weighted by Crippen LogP contribution is 2.69. The number of fused-ring (bicyclic) bond motifs is 4. The van der Waals surface area contributed by atoms with Crippen LogP contribution in [0, 0.1) is 23.2 Å². The maximum absolute atomic E-state index is 12.0. The van der Waals surface area contributed by atoms with Crippen LogP contribution in [0.1, 0.15) is 32.1 Å². The van der Waals surface area contributed by atoms with Crippen molar-refractivity contribution >= 4 is 5.78 Å². The maximum Gasteiger partial charge on any atom is 0.143 e. The quantitative estimate of drug-likeness (QED) is 0.515. The van der Waals surface area contributed by atoms with E-state index in [-0.39, 0.29) is 5.41 Å². The van der Waals surface area contributed by atoms with Crippen LogP contribution in [0.15, 0.2) is 11.6 Å². The van der Waals surface area contributed by atoms with E-state index in [0.717, 1.165) is 18.3 Å². The van der Waals surface area contributed by atoms with Gasteiger partial charge in [0.2, 0.25) is 0 Å². The first-order valence-corrected chi connectivity index (χ1v) is 5.56. The van der Waals surface area contributed by atoms with Gasteiger partial charge in [0.15, 0.2) is 0 Å². The molecule has 0 aliphatic heterocycles. The van der Waals surface area contributed by atoms with E-state index in [1.165, 1.54) is 25.7 Å². The second-order valence-corrected chi connectivity index (χ2v) is 5.39. The molecule has 0 aromatic rings. The second kappa shape index (κ2) is 1.77. The molecular formula is C12H14O. The first kappa shape index (κ1) is 6.80. The molecule has 68 valence electrons. The van der Waals surface area contributed by atoms with Gasteiger partial charge in [0.05, 0.1) is 5.41 Å². The number of ketones is 1. The molecule has 0 N–H and O–H groups in total. The fourth-order valence-electron chi connectivity index (χ4n) is 4.66. The van der Waals surface area contributed by atoms with Crippen molar-refractivity contribution < 1.29 is 4.79 Å². The van der Waals surface area contributed by atoms with Gasteiger partial charge in [-0.2, -0.15) is 0 Å². The first-order valence-electron chi connectivity index (χ1n) is 5.56. The monoisotopic (exact) mass is 174 g/mol. The van der Waals surface area contributed by atoms with Crippen LogP contribution in [0.5, 0.6) is 0 Å². The predicted molar refractivity (Wildman–Crippen MR) is 49.1 cm³/mol. The SMILES string of the molecule is O=C1CC2C=C3C4CCC(C4)C13C2. The van der Waals surface area contributed by atoms with E-state index >= 15 is 0 Å². The van der Waals surface area contributed by atoms with Crippen LogP contribution in [0.4, 0.5) is 0 Å². The summed E-state index contributed by atoms with van der Waals surface area (Å²) >= 11 is 0. The lowest BCUT2D eigenvalue weighted by Gasteiger charge is -2.32. The summed E-state index contributed by atoms with van der Waals surface area (Å²) in [6.07, 6.45) is 8.57. The molecule has 0 radical (unpaired) electrons. The minimum Gasteiger partial charge on any atom is -0.299 e. The van der Waals surface area contributed by atoms with Gasteiger partial charge in [-0.05, 0) is 43.4 Å². The molecule has 1 spiro atoms. The Morgan fingerprint density at radius 3 is 3.08 bits per heavy atom. The van der Waals surface area contributed by atoms with Gasteiger partial charge in [-0.25, -0.2) is 0 Å². The summed E-state index contributed by atoms with van der Waals surface area (Å²) in [6.45, 7) is 0. The molecule has 0 amide bonds. The van der Waals surface area contributed by atoms with Crippen molar-refractivity contribution in [3.8, 4) is 0 Å². The number of carbonyl (C=O) groups excluding carboxylic acids is 1. The number of Topliss-reactive ketones (excluding diaryl/α,β-unsaturated/α-hetero) is 1. The molecule has 0 aromatic carbocycles. The molecule has 3 fully saturated rings. The number of hydrogen-bond donors (Lipinski definition) is 0. The lowest BCUT2D eigenvalue weighted by molar-refractivity contribution is -0.126. The Labute approximate surface area is 78.2 Å². The van der Waals surface area contributed by atoms with Crippen LogP contribution in [0.3, 0.4) is 0 Å².